The summed E-state index contributed by atoms with van der Waals surface area (Å²) in [4.78, 5) is 4.68. The average Bonchev–Trinajstić information content (AvgIpc) is 3.07. The Morgan fingerprint density at radius 1 is 1.71 bits per heavy atom. The van der Waals surface area contributed by atoms with Crippen molar-refractivity contribution in [3.8, 4) is 0 Å². The highest BCUT2D eigenvalue weighted by Crippen LogP contribution is 2.22. The van der Waals surface area contributed by atoms with Crippen LogP contribution in [-0.2, 0) is 6.54 Å². The second kappa shape index (κ2) is 4.57. The van der Waals surface area contributed by atoms with E-state index in [1.807, 2.05) is 6.92 Å². The summed E-state index contributed by atoms with van der Waals surface area (Å²) in [6.07, 6.45) is 5.87. The molecule has 1 aliphatic carbocycles. The van der Waals surface area contributed by atoms with Crippen LogP contribution >= 0.6 is 0 Å². The molecule has 2 N–H and O–H groups in total. The molecule has 0 aliphatic heterocycles. The zero-order valence-electron chi connectivity index (χ0n) is 10.2. The lowest BCUT2D eigenvalue weighted by Gasteiger charge is -2.04. The van der Waals surface area contributed by atoms with Crippen LogP contribution in [-0.4, -0.2) is 15.8 Å². The summed E-state index contributed by atoms with van der Waals surface area (Å²) in [5.41, 5.74) is 6.59. The maximum atomic E-state index is 5.86. The summed E-state index contributed by atoms with van der Waals surface area (Å²) < 4.78 is 1.79. The third-order valence-electron chi connectivity index (χ3n) is 2.75. The van der Waals surface area contributed by atoms with Crippen LogP contribution in [0.2, 0.25) is 0 Å². The summed E-state index contributed by atoms with van der Waals surface area (Å²) in [5, 5.41) is 6.87. The van der Waals surface area contributed by atoms with E-state index < -0.39 is 0 Å². The van der Waals surface area contributed by atoms with Crippen molar-refractivity contribution in [2.45, 2.75) is 32.4 Å². The first kappa shape index (κ1) is 11.6. The molecule has 0 amide bonds. The van der Waals surface area contributed by atoms with Gasteiger partial charge in [0.25, 0.3) is 0 Å². The highest BCUT2D eigenvalue weighted by molar-refractivity contribution is 5.35. The van der Waals surface area contributed by atoms with Gasteiger partial charge < -0.3 is 5.73 Å². The summed E-state index contributed by atoms with van der Waals surface area (Å²) in [5.74, 6) is 0. The molecule has 0 radical (unpaired) electrons. The van der Waals surface area contributed by atoms with E-state index in [1.165, 1.54) is 0 Å². The second-order valence-electron chi connectivity index (χ2n) is 4.37. The van der Waals surface area contributed by atoms with E-state index in [9.17, 15) is 0 Å². The number of hydrogen-bond donors (Lipinski definition) is 1. The van der Waals surface area contributed by atoms with Gasteiger partial charge in [-0.1, -0.05) is 12.7 Å². The highest BCUT2D eigenvalue weighted by Gasteiger charge is 2.19. The van der Waals surface area contributed by atoms with Crippen LogP contribution in [0.25, 0.3) is 12.3 Å². The summed E-state index contributed by atoms with van der Waals surface area (Å²) in [6, 6.07) is 0.438. The molecule has 1 aliphatic rings. The van der Waals surface area contributed by atoms with Crippen LogP contribution in [0.4, 0.5) is 0 Å². The maximum Gasteiger partial charge on any atom is 0.0930 e. The topological polar surface area (TPSA) is 56.2 Å². The fourth-order valence-electron chi connectivity index (χ4n) is 1.63. The molecule has 90 valence electrons. The zero-order valence-corrected chi connectivity index (χ0v) is 10.2. The molecule has 4 nitrogen and oxygen atoms in total. The molecular weight excluding hydrogens is 212 g/mol. The third-order valence-corrected chi connectivity index (χ3v) is 2.75. The van der Waals surface area contributed by atoms with Gasteiger partial charge in [0.15, 0.2) is 0 Å². The number of aromatic nitrogens is 2. The number of allylic oxidation sites excluding steroid dienone is 1. The normalized spacial score (nSPS) is 18.1. The minimum atomic E-state index is 0.438. The van der Waals surface area contributed by atoms with E-state index in [2.05, 4.69) is 23.2 Å². The lowest BCUT2D eigenvalue weighted by Crippen LogP contribution is -2.47. The molecule has 1 heterocycles. The van der Waals surface area contributed by atoms with Crippen molar-refractivity contribution in [1.29, 1.82) is 0 Å². The van der Waals surface area contributed by atoms with Gasteiger partial charge in [-0.05, 0) is 19.8 Å². The molecule has 2 rings (SSSR count). The largest absolute Gasteiger partial charge is 0.402 e. The quantitative estimate of drug-likeness (QED) is 0.720. The fourth-order valence-corrected chi connectivity index (χ4v) is 1.63. The van der Waals surface area contributed by atoms with Gasteiger partial charge in [0, 0.05) is 10.9 Å². The minimum Gasteiger partial charge on any atom is -0.402 e. The maximum absolute atomic E-state index is 5.86. The summed E-state index contributed by atoms with van der Waals surface area (Å²) in [7, 11) is 0. The van der Waals surface area contributed by atoms with E-state index in [0.29, 0.717) is 12.6 Å². The zero-order chi connectivity index (χ0) is 12.4. The lowest BCUT2D eigenvalue weighted by molar-refractivity contribution is 0.641. The van der Waals surface area contributed by atoms with E-state index in [4.69, 9.17) is 5.73 Å². The van der Waals surface area contributed by atoms with Crippen molar-refractivity contribution in [1.82, 2.24) is 9.78 Å². The summed E-state index contributed by atoms with van der Waals surface area (Å²) in [6.45, 7) is 10.3. The van der Waals surface area contributed by atoms with Gasteiger partial charge in [0.1, 0.15) is 0 Å². The molecule has 0 atom stereocenters. The summed E-state index contributed by atoms with van der Waals surface area (Å²) >= 11 is 0. The predicted octanol–water partition coefficient (Wildman–Crippen LogP) is -0.371. The molecule has 0 saturated heterocycles. The van der Waals surface area contributed by atoms with Crippen molar-refractivity contribution in [3.63, 3.8) is 0 Å². The number of nitrogens with two attached hydrogens (primary N) is 1. The molecule has 0 spiro atoms. The first-order chi connectivity index (χ1) is 8.13. The number of rotatable bonds is 3. The molecule has 1 aromatic rings. The molecular formula is C13H18N4. The Balaban J connectivity index is 2.74. The van der Waals surface area contributed by atoms with Crippen LogP contribution in [0, 0.1) is 0 Å². The van der Waals surface area contributed by atoms with Gasteiger partial charge in [-0.2, -0.15) is 5.10 Å². The van der Waals surface area contributed by atoms with E-state index >= 15 is 0 Å². The van der Waals surface area contributed by atoms with Gasteiger partial charge in [0.2, 0.25) is 0 Å². The second-order valence-corrected chi connectivity index (χ2v) is 4.37. The highest BCUT2D eigenvalue weighted by atomic mass is 15.3. The smallest absolute Gasteiger partial charge is 0.0930 e. The van der Waals surface area contributed by atoms with E-state index in [0.717, 1.165) is 34.5 Å². The van der Waals surface area contributed by atoms with Crippen LogP contribution in [0.5, 0.6) is 0 Å². The van der Waals surface area contributed by atoms with Gasteiger partial charge in [-0.25, -0.2) is 0 Å². The monoisotopic (exact) mass is 230 g/mol. The Bertz CT molecular complexity index is 601. The van der Waals surface area contributed by atoms with Crippen LogP contribution in [0.15, 0.2) is 23.8 Å². The van der Waals surface area contributed by atoms with Crippen molar-refractivity contribution >= 4 is 12.3 Å². The van der Waals surface area contributed by atoms with Gasteiger partial charge >= 0.3 is 0 Å². The number of hydrogen-bond acceptors (Lipinski definition) is 3. The van der Waals surface area contributed by atoms with Crippen LogP contribution in [0.3, 0.4) is 0 Å². The van der Waals surface area contributed by atoms with Gasteiger partial charge in [0.05, 0.1) is 29.5 Å². The predicted molar refractivity (Wildman–Crippen MR) is 69.1 cm³/mol. The van der Waals surface area contributed by atoms with Crippen molar-refractivity contribution < 1.29 is 0 Å². The van der Waals surface area contributed by atoms with Crippen LogP contribution < -0.4 is 21.7 Å². The molecule has 0 aromatic carbocycles. The molecule has 0 unspecified atom stereocenters. The van der Waals surface area contributed by atoms with E-state index in [-0.39, 0.29) is 0 Å². The van der Waals surface area contributed by atoms with Crippen molar-refractivity contribution in [3.05, 3.63) is 34.8 Å². The van der Waals surface area contributed by atoms with Crippen molar-refractivity contribution in [2.24, 2.45) is 10.7 Å². The Morgan fingerprint density at radius 2 is 2.41 bits per heavy atom. The SMILES string of the molecule is C=CCn1ncc(=C(C)N)c(=NC2CC2)c1=C. The molecule has 4 heteroatoms. The van der Waals surface area contributed by atoms with E-state index in [1.54, 1.807) is 17.0 Å². The van der Waals surface area contributed by atoms with Gasteiger partial charge in [-0.15, -0.1) is 6.58 Å². The van der Waals surface area contributed by atoms with Crippen LogP contribution in [0.1, 0.15) is 19.8 Å². The first-order valence-corrected chi connectivity index (χ1v) is 5.79. The molecule has 1 fully saturated rings. The Labute approximate surface area is 100 Å². The standard InChI is InChI=1S/C13H18N4/c1-4-7-17-10(3)13(16-11-5-6-11)12(8-15-17)9(2)14/h4,8,11H,1,3,5-7,14H2,2H3. The fraction of sp³-hybridized carbons (Fsp3) is 0.385. The van der Waals surface area contributed by atoms with Crippen molar-refractivity contribution in [2.75, 3.05) is 0 Å². The lowest BCUT2D eigenvalue weighted by atomic mass is 10.3. The minimum absolute atomic E-state index is 0.438. The number of nitrogens with zero attached hydrogens (tertiary/aromatic N) is 3. The Morgan fingerprint density at radius 3 is 2.94 bits per heavy atom. The molecule has 17 heavy (non-hydrogen) atoms. The van der Waals surface area contributed by atoms with Gasteiger partial charge in [-0.3, -0.25) is 9.67 Å². The molecule has 1 saturated carbocycles. The Hall–Kier alpha value is -1.84. The Kier molecular flexibility index (Phi) is 3.13. The molecule has 0 bridgehead atoms. The third kappa shape index (κ3) is 2.46. The average molecular weight is 230 g/mol. The first-order valence-electron chi connectivity index (χ1n) is 5.79. The molecule has 1 aromatic heterocycles.